The van der Waals surface area contributed by atoms with E-state index in [0.717, 1.165) is 18.2 Å². The third-order valence-corrected chi connectivity index (χ3v) is 4.49. The van der Waals surface area contributed by atoms with E-state index >= 15 is 0 Å². The fraction of sp³-hybridized carbons (Fsp3) is 0.200. The predicted octanol–water partition coefficient (Wildman–Crippen LogP) is 3.10. The summed E-state index contributed by atoms with van der Waals surface area (Å²) in [6.45, 7) is 2.16. The first-order chi connectivity index (χ1) is 14.5. The summed E-state index contributed by atoms with van der Waals surface area (Å²) in [6, 6.07) is 4.54. The third kappa shape index (κ3) is 4.33. The van der Waals surface area contributed by atoms with E-state index in [2.05, 4.69) is 20.3 Å². The maximum atomic E-state index is 13.5. The first kappa shape index (κ1) is 19.6. The molecule has 0 bridgehead atoms. The van der Waals surface area contributed by atoms with Gasteiger partial charge in [0, 0.05) is 54.6 Å². The number of ether oxygens (including phenoxy) is 1. The Labute approximate surface area is 170 Å². The number of carboxylic acid groups (broad SMARTS) is 1. The number of pyridine rings is 1. The van der Waals surface area contributed by atoms with Gasteiger partial charge in [0.2, 0.25) is 5.95 Å². The van der Waals surface area contributed by atoms with E-state index in [9.17, 15) is 18.7 Å². The van der Waals surface area contributed by atoms with Crippen LogP contribution in [0.4, 0.5) is 26.2 Å². The van der Waals surface area contributed by atoms with Crippen LogP contribution in [0.15, 0.2) is 42.9 Å². The summed E-state index contributed by atoms with van der Waals surface area (Å²) in [5, 5.41) is 12.1. The summed E-state index contributed by atoms with van der Waals surface area (Å²) in [7, 11) is 0. The number of halogens is 2. The van der Waals surface area contributed by atoms with Crippen molar-refractivity contribution in [2.24, 2.45) is 0 Å². The van der Waals surface area contributed by atoms with Gasteiger partial charge < -0.3 is 20.1 Å². The van der Waals surface area contributed by atoms with E-state index < -0.39 is 17.6 Å². The molecule has 1 aliphatic heterocycles. The number of carboxylic acids is 1. The van der Waals surface area contributed by atoms with E-state index in [1.54, 1.807) is 0 Å². The average molecular weight is 413 g/mol. The number of nitrogens with one attached hydrogen (secondary N) is 1. The lowest BCUT2D eigenvalue weighted by atomic mass is 10.1. The van der Waals surface area contributed by atoms with Crippen LogP contribution in [0.1, 0.15) is 10.4 Å². The normalized spacial score (nSPS) is 13.9. The van der Waals surface area contributed by atoms with Crippen LogP contribution >= 0.6 is 0 Å². The van der Waals surface area contributed by atoms with Gasteiger partial charge in [-0.15, -0.1) is 0 Å². The van der Waals surface area contributed by atoms with Crippen molar-refractivity contribution in [3.05, 3.63) is 60.1 Å². The summed E-state index contributed by atoms with van der Waals surface area (Å²) >= 11 is 0. The number of morpholine rings is 1. The van der Waals surface area contributed by atoms with Crippen LogP contribution in [-0.2, 0) is 4.74 Å². The summed E-state index contributed by atoms with van der Waals surface area (Å²) in [6.07, 6.45) is 4.32. The van der Waals surface area contributed by atoms with E-state index in [1.165, 1.54) is 24.7 Å². The summed E-state index contributed by atoms with van der Waals surface area (Å²) in [5.41, 5.74) is 1.34. The number of aromatic carboxylic acids is 1. The van der Waals surface area contributed by atoms with Gasteiger partial charge in [-0.3, -0.25) is 4.98 Å². The van der Waals surface area contributed by atoms with E-state index in [0.29, 0.717) is 43.2 Å². The lowest BCUT2D eigenvalue weighted by Crippen LogP contribution is -2.37. The maximum absolute atomic E-state index is 13.5. The van der Waals surface area contributed by atoms with Crippen molar-refractivity contribution >= 4 is 23.4 Å². The van der Waals surface area contributed by atoms with Crippen LogP contribution in [0.25, 0.3) is 11.1 Å². The number of hydrogen-bond donors (Lipinski definition) is 2. The van der Waals surface area contributed by atoms with Gasteiger partial charge in [-0.05, 0) is 18.2 Å². The molecule has 1 fully saturated rings. The third-order valence-electron chi connectivity index (χ3n) is 4.49. The molecule has 8 nitrogen and oxygen atoms in total. The Hall–Kier alpha value is -3.66. The van der Waals surface area contributed by atoms with Crippen LogP contribution in [0.2, 0.25) is 0 Å². The molecule has 0 unspecified atom stereocenters. The molecular formula is C20H17F2N5O3. The van der Waals surface area contributed by atoms with Crippen molar-refractivity contribution in [2.75, 3.05) is 36.5 Å². The molecule has 1 saturated heterocycles. The number of nitrogens with zero attached hydrogens (tertiary/aromatic N) is 4. The minimum atomic E-state index is -1.09. The van der Waals surface area contributed by atoms with Gasteiger partial charge in [0.05, 0.1) is 18.8 Å². The molecule has 0 aliphatic carbocycles. The highest BCUT2D eigenvalue weighted by atomic mass is 19.1. The molecule has 0 atom stereocenters. The number of aromatic nitrogens is 3. The smallest absolute Gasteiger partial charge is 0.337 e. The topological polar surface area (TPSA) is 100 Å². The van der Waals surface area contributed by atoms with Gasteiger partial charge in [-0.1, -0.05) is 0 Å². The zero-order valence-corrected chi connectivity index (χ0v) is 15.7. The first-order valence-electron chi connectivity index (χ1n) is 9.11. The SMILES string of the molecule is O=C(O)c1cncc(-c2cnc(Nc3cc(F)cc(F)c3)nc2N2CCOCC2)c1. The molecule has 1 aromatic carbocycles. The zero-order chi connectivity index (χ0) is 21.1. The predicted molar refractivity (Wildman–Crippen MR) is 105 cm³/mol. The Morgan fingerprint density at radius 3 is 2.50 bits per heavy atom. The quantitative estimate of drug-likeness (QED) is 0.658. The molecule has 0 radical (unpaired) electrons. The second-order valence-corrected chi connectivity index (χ2v) is 6.58. The molecule has 2 N–H and O–H groups in total. The standard InChI is InChI=1S/C20H17F2N5O3/c21-14-6-15(22)8-16(7-14)25-20-24-11-17(12-5-13(19(28)29)10-23-9-12)18(26-20)27-1-3-30-4-2-27/h5-11H,1-4H2,(H,28,29)(H,24,25,26). The van der Waals surface area contributed by atoms with Crippen molar-refractivity contribution in [3.8, 4) is 11.1 Å². The summed E-state index contributed by atoms with van der Waals surface area (Å²) in [5.74, 6) is -1.85. The summed E-state index contributed by atoms with van der Waals surface area (Å²) in [4.78, 5) is 26.1. The Kier molecular flexibility index (Phi) is 5.48. The van der Waals surface area contributed by atoms with Crippen molar-refractivity contribution in [2.45, 2.75) is 0 Å². The lowest BCUT2D eigenvalue weighted by molar-refractivity contribution is 0.0696. The Balaban J connectivity index is 1.74. The van der Waals surface area contributed by atoms with Gasteiger partial charge >= 0.3 is 5.97 Å². The first-order valence-corrected chi connectivity index (χ1v) is 9.11. The molecule has 3 aromatic rings. The number of carbonyl (C=O) groups is 1. The minimum Gasteiger partial charge on any atom is -0.478 e. The largest absolute Gasteiger partial charge is 0.478 e. The molecular weight excluding hydrogens is 396 g/mol. The lowest BCUT2D eigenvalue weighted by Gasteiger charge is -2.29. The monoisotopic (exact) mass is 413 g/mol. The number of rotatable bonds is 5. The van der Waals surface area contributed by atoms with Gasteiger partial charge in [-0.2, -0.15) is 4.98 Å². The molecule has 4 rings (SSSR count). The van der Waals surface area contributed by atoms with Crippen LogP contribution < -0.4 is 10.2 Å². The van der Waals surface area contributed by atoms with Crippen LogP contribution in [0.5, 0.6) is 0 Å². The maximum Gasteiger partial charge on any atom is 0.337 e. The highest BCUT2D eigenvalue weighted by molar-refractivity contribution is 5.89. The molecule has 30 heavy (non-hydrogen) atoms. The Morgan fingerprint density at radius 1 is 1.07 bits per heavy atom. The molecule has 10 heteroatoms. The fourth-order valence-electron chi connectivity index (χ4n) is 3.11. The number of anilines is 3. The number of hydrogen-bond acceptors (Lipinski definition) is 7. The zero-order valence-electron chi connectivity index (χ0n) is 15.7. The Bertz CT molecular complexity index is 1070. The second kappa shape index (κ2) is 8.37. The second-order valence-electron chi connectivity index (χ2n) is 6.58. The van der Waals surface area contributed by atoms with Crippen LogP contribution in [-0.4, -0.2) is 52.3 Å². The molecule has 0 amide bonds. The fourth-order valence-corrected chi connectivity index (χ4v) is 3.11. The van der Waals surface area contributed by atoms with Crippen LogP contribution in [0.3, 0.4) is 0 Å². The molecule has 154 valence electrons. The van der Waals surface area contributed by atoms with E-state index in [4.69, 9.17) is 4.74 Å². The molecule has 3 heterocycles. The van der Waals surface area contributed by atoms with Gasteiger partial charge in [0.15, 0.2) is 0 Å². The van der Waals surface area contributed by atoms with Crippen molar-refractivity contribution < 1.29 is 23.4 Å². The van der Waals surface area contributed by atoms with E-state index in [1.807, 2.05) is 4.90 Å². The van der Waals surface area contributed by atoms with Crippen molar-refractivity contribution in [1.29, 1.82) is 0 Å². The molecule has 0 saturated carbocycles. The average Bonchev–Trinajstić information content (AvgIpc) is 2.74. The number of benzene rings is 1. The van der Waals surface area contributed by atoms with Gasteiger partial charge in [-0.25, -0.2) is 18.6 Å². The van der Waals surface area contributed by atoms with E-state index in [-0.39, 0.29) is 17.2 Å². The highest BCUT2D eigenvalue weighted by Gasteiger charge is 2.20. The molecule has 0 spiro atoms. The highest BCUT2D eigenvalue weighted by Crippen LogP contribution is 2.31. The molecule has 1 aliphatic rings. The summed E-state index contributed by atoms with van der Waals surface area (Å²) < 4.78 is 32.4. The Morgan fingerprint density at radius 2 is 1.80 bits per heavy atom. The molecule has 2 aromatic heterocycles. The van der Waals surface area contributed by atoms with Gasteiger partial charge in [0.25, 0.3) is 0 Å². The minimum absolute atomic E-state index is 0.0397. The van der Waals surface area contributed by atoms with Crippen molar-refractivity contribution in [3.63, 3.8) is 0 Å². The van der Waals surface area contributed by atoms with Crippen LogP contribution in [0, 0.1) is 11.6 Å². The van der Waals surface area contributed by atoms with Gasteiger partial charge in [0.1, 0.15) is 17.5 Å². The van der Waals surface area contributed by atoms with Crippen molar-refractivity contribution in [1.82, 2.24) is 15.0 Å².